The number of hydrogen-bond acceptors (Lipinski definition) is 4. The molecule has 0 bridgehead atoms. The number of carbonyl (C=O) groups excluding carboxylic acids is 1. The molecule has 0 atom stereocenters. The number of nitrogens with one attached hydrogen (secondary N) is 1. The topological polar surface area (TPSA) is 64.1 Å². The van der Waals surface area contributed by atoms with E-state index in [0.29, 0.717) is 0 Å². The molecule has 1 fully saturated rings. The number of carbonyl (C=O) groups is 1. The molecule has 1 heterocycles. The first-order chi connectivity index (χ1) is 9.54. The van der Waals surface area contributed by atoms with Gasteiger partial charge in [-0.3, -0.25) is 4.79 Å². The van der Waals surface area contributed by atoms with Crippen molar-refractivity contribution in [1.29, 1.82) is 0 Å². The molecule has 0 spiro atoms. The second-order valence-electron chi connectivity index (χ2n) is 5.44. The van der Waals surface area contributed by atoms with Gasteiger partial charge >= 0.3 is 6.01 Å². The van der Waals surface area contributed by atoms with Gasteiger partial charge in [0.2, 0.25) is 5.91 Å². The molecule has 0 aliphatic heterocycles. The van der Waals surface area contributed by atoms with Crippen LogP contribution in [0, 0.1) is 11.7 Å². The molecule has 0 unspecified atom stereocenters. The number of nitrogens with zero attached hydrogens (tertiary/aromatic N) is 2. The van der Waals surface area contributed by atoms with Gasteiger partial charge in [0.1, 0.15) is 6.10 Å². The largest absolute Gasteiger partial charge is 0.460 e. The fraction of sp³-hybridized carbons (Fsp3) is 0.643. The fourth-order valence-electron chi connectivity index (χ4n) is 2.20. The molecule has 1 amide bonds. The van der Waals surface area contributed by atoms with Crippen LogP contribution in [-0.2, 0) is 4.79 Å². The Kier molecular flexibility index (Phi) is 4.87. The van der Waals surface area contributed by atoms with Crippen molar-refractivity contribution in [1.82, 2.24) is 15.3 Å². The summed E-state index contributed by atoms with van der Waals surface area (Å²) in [5.41, 5.74) is 0. The summed E-state index contributed by atoms with van der Waals surface area (Å²) < 4.78 is 18.3. The lowest BCUT2D eigenvalue weighted by molar-refractivity contribution is -0.125. The average Bonchev–Trinajstić information content (AvgIpc) is 2.43. The molecule has 5 nitrogen and oxygen atoms in total. The van der Waals surface area contributed by atoms with Crippen LogP contribution in [-0.4, -0.2) is 28.0 Å². The summed E-state index contributed by atoms with van der Waals surface area (Å²) in [6.45, 7) is 3.77. The van der Waals surface area contributed by atoms with E-state index in [0.717, 1.165) is 38.1 Å². The molecule has 1 N–H and O–H groups in total. The van der Waals surface area contributed by atoms with Gasteiger partial charge in [-0.1, -0.05) is 13.8 Å². The van der Waals surface area contributed by atoms with Gasteiger partial charge in [-0.15, -0.1) is 0 Å². The van der Waals surface area contributed by atoms with Crippen LogP contribution in [0.15, 0.2) is 12.4 Å². The molecular formula is C14H20FN3O2. The maximum atomic E-state index is 12.7. The van der Waals surface area contributed by atoms with Crippen molar-refractivity contribution in [3.8, 4) is 6.01 Å². The Balaban J connectivity index is 1.77. The number of rotatable bonds is 4. The molecule has 6 heteroatoms. The summed E-state index contributed by atoms with van der Waals surface area (Å²) in [5.74, 6) is -0.370. The predicted molar refractivity (Wildman–Crippen MR) is 71.6 cm³/mol. The van der Waals surface area contributed by atoms with E-state index in [1.165, 1.54) is 0 Å². The quantitative estimate of drug-likeness (QED) is 0.917. The predicted octanol–water partition coefficient (Wildman–Crippen LogP) is 2.08. The summed E-state index contributed by atoms with van der Waals surface area (Å²) >= 11 is 0. The number of hydrogen-bond donors (Lipinski definition) is 1. The van der Waals surface area contributed by atoms with Crippen molar-refractivity contribution in [2.24, 2.45) is 5.92 Å². The van der Waals surface area contributed by atoms with Crippen molar-refractivity contribution in [3.63, 3.8) is 0 Å². The molecule has 110 valence electrons. The second kappa shape index (κ2) is 6.63. The lowest BCUT2D eigenvalue weighted by atomic mass is 9.92. The van der Waals surface area contributed by atoms with Gasteiger partial charge in [-0.2, -0.15) is 0 Å². The van der Waals surface area contributed by atoms with Gasteiger partial charge in [0.25, 0.3) is 0 Å². The Morgan fingerprint density at radius 3 is 2.45 bits per heavy atom. The van der Waals surface area contributed by atoms with E-state index < -0.39 is 5.82 Å². The Bertz CT molecular complexity index is 442. The van der Waals surface area contributed by atoms with Crippen LogP contribution >= 0.6 is 0 Å². The summed E-state index contributed by atoms with van der Waals surface area (Å²) in [6.07, 6.45) is 5.66. The van der Waals surface area contributed by atoms with E-state index in [-0.39, 0.29) is 30.0 Å². The number of halogens is 1. The first kappa shape index (κ1) is 14.7. The zero-order valence-corrected chi connectivity index (χ0v) is 11.8. The van der Waals surface area contributed by atoms with Gasteiger partial charge in [-0.25, -0.2) is 14.4 Å². The molecule has 1 aliphatic rings. The van der Waals surface area contributed by atoms with E-state index in [4.69, 9.17) is 4.74 Å². The monoisotopic (exact) mass is 281 g/mol. The van der Waals surface area contributed by atoms with Crippen LogP contribution in [0.25, 0.3) is 0 Å². The molecule has 1 aromatic rings. The summed E-state index contributed by atoms with van der Waals surface area (Å²) in [4.78, 5) is 19.2. The Morgan fingerprint density at radius 1 is 1.30 bits per heavy atom. The minimum Gasteiger partial charge on any atom is -0.460 e. The summed E-state index contributed by atoms with van der Waals surface area (Å²) in [7, 11) is 0. The Morgan fingerprint density at radius 2 is 1.90 bits per heavy atom. The summed E-state index contributed by atoms with van der Waals surface area (Å²) in [5, 5.41) is 3.03. The maximum Gasteiger partial charge on any atom is 0.316 e. The van der Waals surface area contributed by atoms with Gasteiger partial charge in [0, 0.05) is 12.0 Å². The highest BCUT2D eigenvalue weighted by Gasteiger charge is 2.24. The third kappa shape index (κ3) is 4.15. The minimum absolute atomic E-state index is 0.0107. The smallest absolute Gasteiger partial charge is 0.316 e. The van der Waals surface area contributed by atoms with Crippen LogP contribution < -0.4 is 10.1 Å². The zero-order chi connectivity index (χ0) is 14.5. The minimum atomic E-state index is -0.475. The van der Waals surface area contributed by atoms with Crippen LogP contribution in [0.1, 0.15) is 39.5 Å². The Hall–Kier alpha value is -1.72. The normalized spacial score (nSPS) is 22.6. The van der Waals surface area contributed by atoms with Crippen LogP contribution in [0.4, 0.5) is 4.39 Å². The van der Waals surface area contributed by atoms with Crippen LogP contribution in [0.3, 0.4) is 0 Å². The van der Waals surface area contributed by atoms with E-state index in [1.54, 1.807) is 0 Å². The van der Waals surface area contributed by atoms with Gasteiger partial charge in [-0.05, 0) is 25.7 Å². The van der Waals surface area contributed by atoms with Crippen LogP contribution in [0.5, 0.6) is 6.01 Å². The highest BCUT2D eigenvalue weighted by atomic mass is 19.1. The van der Waals surface area contributed by atoms with Crippen molar-refractivity contribution in [2.45, 2.75) is 51.7 Å². The van der Waals surface area contributed by atoms with E-state index in [1.807, 2.05) is 13.8 Å². The lowest BCUT2D eigenvalue weighted by Crippen LogP contribution is -2.41. The number of ether oxygens (including phenoxy) is 1. The Labute approximate surface area is 118 Å². The third-order valence-electron chi connectivity index (χ3n) is 3.41. The third-order valence-corrected chi connectivity index (χ3v) is 3.41. The molecule has 1 saturated carbocycles. The average molecular weight is 281 g/mol. The summed E-state index contributed by atoms with van der Waals surface area (Å²) in [6, 6.07) is 0.431. The van der Waals surface area contributed by atoms with Crippen molar-refractivity contribution >= 4 is 5.91 Å². The van der Waals surface area contributed by atoms with E-state index in [2.05, 4.69) is 15.3 Å². The highest BCUT2D eigenvalue weighted by Crippen LogP contribution is 2.22. The SMILES string of the molecule is CC(C)C(=O)NC1CCC(Oc2ncc(F)cn2)CC1. The number of aromatic nitrogens is 2. The molecule has 2 rings (SSSR count). The standard InChI is InChI=1S/C14H20FN3O2/c1-9(2)13(19)18-11-3-5-12(6-4-11)20-14-16-7-10(15)8-17-14/h7-9,11-12H,3-6H2,1-2H3,(H,18,19). The number of amides is 1. The van der Waals surface area contributed by atoms with Crippen molar-refractivity contribution in [2.75, 3.05) is 0 Å². The van der Waals surface area contributed by atoms with Gasteiger partial charge in [0.15, 0.2) is 5.82 Å². The second-order valence-corrected chi connectivity index (χ2v) is 5.44. The molecule has 0 aromatic carbocycles. The lowest BCUT2D eigenvalue weighted by Gasteiger charge is -2.29. The molecule has 20 heavy (non-hydrogen) atoms. The molecule has 0 radical (unpaired) electrons. The van der Waals surface area contributed by atoms with E-state index >= 15 is 0 Å². The first-order valence-corrected chi connectivity index (χ1v) is 6.99. The van der Waals surface area contributed by atoms with Gasteiger partial charge in [0.05, 0.1) is 12.4 Å². The maximum absolute atomic E-state index is 12.7. The fourth-order valence-corrected chi connectivity index (χ4v) is 2.20. The zero-order valence-electron chi connectivity index (χ0n) is 11.8. The van der Waals surface area contributed by atoms with Gasteiger partial charge < -0.3 is 10.1 Å². The molecule has 1 aromatic heterocycles. The molecular weight excluding hydrogens is 261 g/mol. The molecule has 0 saturated heterocycles. The van der Waals surface area contributed by atoms with Crippen molar-refractivity contribution in [3.05, 3.63) is 18.2 Å². The van der Waals surface area contributed by atoms with Crippen LogP contribution in [0.2, 0.25) is 0 Å². The first-order valence-electron chi connectivity index (χ1n) is 6.99. The molecule has 1 aliphatic carbocycles. The van der Waals surface area contributed by atoms with E-state index in [9.17, 15) is 9.18 Å². The highest BCUT2D eigenvalue weighted by molar-refractivity contribution is 5.78. The van der Waals surface area contributed by atoms with Crippen molar-refractivity contribution < 1.29 is 13.9 Å².